The molecule has 0 unspecified atom stereocenters. The molecule has 10 heteroatoms. The normalized spacial score (nSPS) is 14.6. The number of aromatic nitrogens is 8. The highest BCUT2D eigenvalue weighted by molar-refractivity contribution is 7.98. The summed E-state index contributed by atoms with van der Waals surface area (Å²) in [6, 6.07) is 7.93. The molecule has 0 spiro atoms. The van der Waals surface area contributed by atoms with Crippen molar-refractivity contribution in [1.82, 2.24) is 39.4 Å². The van der Waals surface area contributed by atoms with Gasteiger partial charge in [-0.05, 0) is 35.4 Å². The molecule has 3 heterocycles. The molecule has 3 aromatic heterocycles. The highest BCUT2D eigenvalue weighted by Gasteiger charge is 2.28. The molecule has 0 N–H and O–H groups in total. The first-order chi connectivity index (χ1) is 12.2. The number of hydrogen-bond donors (Lipinski definition) is 0. The monoisotopic (exact) mass is 354 g/mol. The summed E-state index contributed by atoms with van der Waals surface area (Å²) in [6.45, 7) is 0. The van der Waals surface area contributed by atoms with Crippen LogP contribution in [0.15, 0.2) is 34.2 Å². The van der Waals surface area contributed by atoms with Gasteiger partial charge in [0.1, 0.15) is 5.82 Å². The van der Waals surface area contributed by atoms with Crippen LogP contribution >= 0.6 is 11.8 Å². The number of rotatable bonds is 4. The Hall–Kier alpha value is -2.75. The van der Waals surface area contributed by atoms with Crippen LogP contribution in [0, 0.1) is 0 Å². The van der Waals surface area contributed by atoms with E-state index in [9.17, 15) is 4.79 Å². The zero-order valence-electron chi connectivity index (χ0n) is 13.4. The van der Waals surface area contributed by atoms with Crippen molar-refractivity contribution < 1.29 is 0 Å². The van der Waals surface area contributed by atoms with Gasteiger partial charge in [0, 0.05) is 7.05 Å². The molecule has 25 heavy (non-hydrogen) atoms. The van der Waals surface area contributed by atoms with Crippen LogP contribution in [-0.4, -0.2) is 39.4 Å². The van der Waals surface area contributed by atoms with E-state index in [0.717, 1.165) is 29.3 Å². The van der Waals surface area contributed by atoms with E-state index in [4.69, 9.17) is 0 Å². The number of nitrogens with zero attached hydrogens (tertiary/aromatic N) is 8. The van der Waals surface area contributed by atoms with E-state index in [1.54, 1.807) is 7.05 Å². The largest absolute Gasteiger partial charge is 0.279 e. The first kappa shape index (κ1) is 14.6. The van der Waals surface area contributed by atoms with Crippen LogP contribution in [0.5, 0.6) is 0 Å². The third kappa shape index (κ3) is 2.24. The van der Waals surface area contributed by atoms with Crippen LogP contribution in [0.3, 0.4) is 0 Å². The maximum atomic E-state index is 12.5. The average molecular weight is 354 g/mol. The fourth-order valence-electron chi connectivity index (χ4n) is 2.94. The highest BCUT2D eigenvalue weighted by atomic mass is 32.2. The molecule has 1 aliphatic carbocycles. The van der Waals surface area contributed by atoms with E-state index < -0.39 is 0 Å². The molecule has 0 atom stereocenters. The Labute approximate surface area is 145 Å². The van der Waals surface area contributed by atoms with Crippen LogP contribution in [0.4, 0.5) is 0 Å². The summed E-state index contributed by atoms with van der Waals surface area (Å²) < 4.78 is 5.33. The van der Waals surface area contributed by atoms with Crippen molar-refractivity contribution in [2.75, 3.05) is 0 Å². The van der Waals surface area contributed by atoms with Crippen LogP contribution in [0.2, 0.25) is 0 Å². The Kier molecular flexibility index (Phi) is 3.14. The van der Waals surface area contributed by atoms with Crippen molar-refractivity contribution in [3.63, 3.8) is 0 Å². The Bertz CT molecular complexity index is 1160. The first-order valence-electron chi connectivity index (χ1n) is 7.96. The predicted octanol–water partition coefficient (Wildman–Crippen LogP) is 1.19. The quantitative estimate of drug-likeness (QED) is 0.508. The van der Waals surface area contributed by atoms with Gasteiger partial charge in [0.05, 0.1) is 22.7 Å². The van der Waals surface area contributed by atoms with E-state index in [0.29, 0.717) is 23.0 Å². The van der Waals surface area contributed by atoms with Crippen molar-refractivity contribution in [2.45, 2.75) is 29.8 Å². The number of para-hydroxylation sites is 1. The van der Waals surface area contributed by atoms with E-state index >= 15 is 0 Å². The van der Waals surface area contributed by atoms with Gasteiger partial charge in [-0.25, -0.2) is 4.68 Å². The summed E-state index contributed by atoms with van der Waals surface area (Å²) in [5.41, 5.74) is 0.732. The lowest BCUT2D eigenvalue weighted by atomic mass is 10.2. The van der Waals surface area contributed by atoms with E-state index in [1.165, 1.54) is 16.3 Å². The molecule has 1 fully saturated rings. The topological polar surface area (TPSA) is 95.8 Å². The molecule has 0 bridgehead atoms. The second kappa shape index (κ2) is 5.38. The minimum Gasteiger partial charge on any atom is -0.279 e. The van der Waals surface area contributed by atoms with E-state index in [-0.39, 0.29) is 5.56 Å². The van der Waals surface area contributed by atoms with Gasteiger partial charge in [-0.1, -0.05) is 23.9 Å². The summed E-state index contributed by atoms with van der Waals surface area (Å²) in [5.74, 6) is 1.86. The van der Waals surface area contributed by atoms with Crippen molar-refractivity contribution in [3.05, 3.63) is 40.4 Å². The lowest BCUT2D eigenvalue weighted by molar-refractivity contribution is 0.565. The Morgan fingerprint density at radius 2 is 2.04 bits per heavy atom. The second-order valence-corrected chi connectivity index (χ2v) is 7.00. The number of aryl methyl sites for hydroxylation is 1. The fourth-order valence-corrected chi connectivity index (χ4v) is 3.80. The van der Waals surface area contributed by atoms with Gasteiger partial charge in [0.25, 0.3) is 5.56 Å². The zero-order valence-corrected chi connectivity index (χ0v) is 14.2. The third-order valence-electron chi connectivity index (χ3n) is 4.38. The fraction of sp³-hybridized carbons (Fsp3) is 0.333. The van der Waals surface area contributed by atoms with Gasteiger partial charge in [0.2, 0.25) is 10.9 Å². The lowest BCUT2D eigenvalue weighted by Crippen LogP contribution is -2.20. The minimum absolute atomic E-state index is 0.0765. The SMILES string of the molecule is Cn1c(=O)c2ccccc2n2c(CSc3nnnn3C3CC3)nnc12. The van der Waals surface area contributed by atoms with E-state index in [1.807, 2.05) is 33.3 Å². The summed E-state index contributed by atoms with van der Waals surface area (Å²) >= 11 is 1.53. The van der Waals surface area contributed by atoms with Gasteiger partial charge in [0.15, 0.2) is 0 Å². The van der Waals surface area contributed by atoms with E-state index in [2.05, 4.69) is 25.7 Å². The lowest BCUT2D eigenvalue weighted by Gasteiger charge is -2.07. The number of benzene rings is 1. The van der Waals surface area contributed by atoms with Gasteiger partial charge in [-0.3, -0.25) is 13.8 Å². The van der Waals surface area contributed by atoms with Gasteiger partial charge in [-0.15, -0.1) is 15.3 Å². The molecule has 126 valence electrons. The molecule has 0 radical (unpaired) electrons. The first-order valence-corrected chi connectivity index (χ1v) is 8.95. The standard InChI is InChI=1S/C15H14N8OS/c1-21-13(24)10-4-2-3-5-11(10)22-12(16-17-14(21)22)8-25-15-18-19-20-23(15)9-6-7-9/h2-5,9H,6-8H2,1H3. The van der Waals surface area contributed by atoms with Gasteiger partial charge in [-0.2, -0.15) is 0 Å². The third-order valence-corrected chi connectivity index (χ3v) is 5.31. The van der Waals surface area contributed by atoms with Gasteiger partial charge < -0.3 is 0 Å². The van der Waals surface area contributed by atoms with Crippen molar-refractivity contribution in [1.29, 1.82) is 0 Å². The summed E-state index contributed by atoms with van der Waals surface area (Å²) in [7, 11) is 1.71. The Morgan fingerprint density at radius 1 is 1.20 bits per heavy atom. The summed E-state index contributed by atoms with van der Waals surface area (Å²) in [5, 5.41) is 21.9. The highest BCUT2D eigenvalue weighted by Crippen LogP contribution is 2.36. The summed E-state index contributed by atoms with van der Waals surface area (Å²) in [6.07, 6.45) is 2.25. The molecule has 4 aromatic rings. The Balaban J connectivity index is 1.60. The molecule has 5 rings (SSSR count). The molecule has 1 aliphatic rings. The molecule has 0 saturated heterocycles. The molecule has 1 saturated carbocycles. The molecule has 0 amide bonds. The number of hydrogen-bond acceptors (Lipinski definition) is 7. The second-order valence-electron chi connectivity index (χ2n) is 6.06. The minimum atomic E-state index is -0.0765. The molecule has 9 nitrogen and oxygen atoms in total. The number of thioether (sulfide) groups is 1. The summed E-state index contributed by atoms with van der Waals surface area (Å²) in [4.78, 5) is 12.5. The zero-order chi connectivity index (χ0) is 17.0. The molecular weight excluding hydrogens is 340 g/mol. The van der Waals surface area contributed by atoms with Crippen LogP contribution in [-0.2, 0) is 12.8 Å². The molecule has 0 aliphatic heterocycles. The number of fused-ring (bicyclic) bond motifs is 3. The number of tetrazole rings is 1. The maximum absolute atomic E-state index is 12.5. The smallest absolute Gasteiger partial charge is 0.262 e. The molecular formula is C15H14N8OS. The van der Waals surface area contributed by atoms with Crippen molar-refractivity contribution >= 4 is 28.4 Å². The van der Waals surface area contributed by atoms with Crippen LogP contribution in [0.1, 0.15) is 24.7 Å². The van der Waals surface area contributed by atoms with Crippen LogP contribution in [0.25, 0.3) is 16.7 Å². The predicted molar refractivity (Wildman–Crippen MR) is 91.4 cm³/mol. The average Bonchev–Trinajstić information content (AvgIpc) is 3.22. The van der Waals surface area contributed by atoms with Gasteiger partial charge >= 0.3 is 0 Å². The Morgan fingerprint density at radius 3 is 2.88 bits per heavy atom. The maximum Gasteiger partial charge on any atom is 0.262 e. The molecule has 1 aromatic carbocycles. The van der Waals surface area contributed by atoms with Crippen LogP contribution < -0.4 is 5.56 Å². The van der Waals surface area contributed by atoms with Crippen molar-refractivity contribution in [2.24, 2.45) is 7.05 Å². The van der Waals surface area contributed by atoms with Crippen molar-refractivity contribution in [3.8, 4) is 0 Å².